The van der Waals surface area contributed by atoms with E-state index in [1.807, 2.05) is 6.92 Å². The highest BCUT2D eigenvalue weighted by Gasteiger charge is 2.16. The lowest BCUT2D eigenvalue weighted by Gasteiger charge is -2.12. The molecule has 1 aromatic heterocycles. The predicted molar refractivity (Wildman–Crippen MR) is 85.0 cm³/mol. The van der Waals surface area contributed by atoms with Crippen LogP contribution in [0.3, 0.4) is 0 Å². The van der Waals surface area contributed by atoms with Gasteiger partial charge in [0.05, 0.1) is 22.8 Å². The molecule has 0 bridgehead atoms. The molecule has 0 aliphatic heterocycles. The molecule has 2 rings (SSSR count). The molecule has 0 atom stereocenters. The molecule has 0 amide bonds. The van der Waals surface area contributed by atoms with Gasteiger partial charge < -0.3 is 10.1 Å². The van der Waals surface area contributed by atoms with Crippen LogP contribution in [0.15, 0.2) is 24.3 Å². The molecule has 1 heterocycles. The Morgan fingerprint density at radius 1 is 1.29 bits per heavy atom. The van der Waals surface area contributed by atoms with Crippen molar-refractivity contribution in [2.24, 2.45) is 0 Å². The number of aromatic nitrogens is 1. The second kappa shape index (κ2) is 6.96. The van der Waals surface area contributed by atoms with Gasteiger partial charge in [-0.25, -0.2) is 9.37 Å². The fourth-order valence-electron chi connectivity index (χ4n) is 1.87. The van der Waals surface area contributed by atoms with E-state index in [1.54, 1.807) is 24.3 Å². The van der Waals surface area contributed by atoms with E-state index in [0.29, 0.717) is 23.1 Å². The Morgan fingerprint density at radius 3 is 2.71 bits per heavy atom. The van der Waals surface area contributed by atoms with Crippen molar-refractivity contribution in [2.45, 2.75) is 13.3 Å². The molecule has 0 saturated carbocycles. The Hall–Kier alpha value is -1.52. The first kappa shape index (κ1) is 15.9. The normalized spacial score (nSPS) is 10.5. The van der Waals surface area contributed by atoms with Crippen molar-refractivity contribution in [3.8, 4) is 17.0 Å². The zero-order valence-corrected chi connectivity index (χ0v) is 13.2. The lowest BCUT2D eigenvalue weighted by atomic mass is 10.1. The van der Waals surface area contributed by atoms with E-state index in [-0.39, 0.29) is 16.3 Å². The Labute approximate surface area is 133 Å². The van der Waals surface area contributed by atoms with E-state index < -0.39 is 5.82 Å². The molecule has 0 saturated heterocycles. The van der Waals surface area contributed by atoms with Gasteiger partial charge in [-0.05, 0) is 24.6 Å². The number of hydrogen-bond acceptors (Lipinski definition) is 3. The number of halogens is 3. The van der Waals surface area contributed by atoms with E-state index in [0.717, 1.165) is 6.42 Å². The summed E-state index contributed by atoms with van der Waals surface area (Å²) < 4.78 is 19.3. The molecule has 3 nitrogen and oxygen atoms in total. The summed E-state index contributed by atoms with van der Waals surface area (Å²) in [6.45, 7) is 2.74. The zero-order chi connectivity index (χ0) is 15.4. The van der Waals surface area contributed by atoms with Crippen LogP contribution in [0.1, 0.15) is 13.3 Å². The van der Waals surface area contributed by atoms with Crippen LogP contribution < -0.4 is 10.1 Å². The van der Waals surface area contributed by atoms with E-state index in [4.69, 9.17) is 27.9 Å². The number of rotatable bonds is 5. The van der Waals surface area contributed by atoms with Crippen molar-refractivity contribution in [3.05, 3.63) is 40.1 Å². The van der Waals surface area contributed by atoms with Crippen LogP contribution in [-0.2, 0) is 0 Å². The van der Waals surface area contributed by atoms with Crippen molar-refractivity contribution in [1.82, 2.24) is 4.98 Å². The van der Waals surface area contributed by atoms with Gasteiger partial charge in [-0.2, -0.15) is 0 Å². The molecule has 0 spiro atoms. The first-order valence-electron chi connectivity index (χ1n) is 6.51. The Bertz CT molecular complexity index is 650. The maximum Gasteiger partial charge on any atom is 0.174 e. The van der Waals surface area contributed by atoms with Crippen molar-refractivity contribution in [3.63, 3.8) is 0 Å². The summed E-state index contributed by atoms with van der Waals surface area (Å²) in [5, 5.41) is 3.78. The summed E-state index contributed by atoms with van der Waals surface area (Å²) in [5.74, 6) is 0.127. The van der Waals surface area contributed by atoms with Gasteiger partial charge in [-0.3, -0.25) is 0 Å². The molecule has 1 aromatic carbocycles. The first-order chi connectivity index (χ1) is 10.1. The van der Waals surface area contributed by atoms with Gasteiger partial charge in [0.1, 0.15) is 5.82 Å². The third kappa shape index (κ3) is 3.39. The van der Waals surface area contributed by atoms with Crippen LogP contribution in [0, 0.1) is 5.82 Å². The number of nitrogens with zero attached hydrogens (tertiary/aromatic N) is 1. The molecule has 0 aliphatic carbocycles. The van der Waals surface area contributed by atoms with Gasteiger partial charge >= 0.3 is 0 Å². The van der Waals surface area contributed by atoms with E-state index in [1.165, 1.54) is 7.11 Å². The maximum absolute atomic E-state index is 14.3. The quantitative estimate of drug-likeness (QED) is 0.836. The minimum Gasteiger partial charge on any atom is -0.494 e. The average Bonchev–Trinajstić information content (AvgIpc) is 2.47. The monoisotopic (exact) mass is 328 g/mol. The van der Waals surface area contributed by atoms with Gasteiger partial charge in [-0.15, -0.1) is 0 Å². The molecule has 0 radical (unpaired) electrons. The number of pyridine rings is 1. The minimum absolute atomic E-state index is 0.142. The number of anilines is 1. The average molecular weight is 329 g/mol. The second-order valence-electron chi connectivity index (χ2n) is 4.40. The topological polar surface area (TPSA) is 34.2 Å². The third-order valence-electron chi connectivity index (χ3n) is 2.91. The number of methoxy groups -OCH3 is 1. The number of hydrogen-bond donors (Lipinski definition) is 1. The van der Waals surface area contributed by atoms with E-state index in [9.17, 15) is 4.39 Å². The van der Waals surface area contributed by atoms with Crippen molar-refractivity contribution >= 4 is 29.0 Å². The molecular formula is C15H15Cl2FN2O. The molecule has 1 N–H and O–H groups in total. The van der Waals surface area contributed by atoms with Crippen LogP contribution in [0.4, 0.5) is 10.2 Å². The number of benzene rings is 1. The highest BCUT2D eigenvalue weighted by Crippen LogP contribution is 2.35. The Kier molecular flexibility index (Phi) is 5.26. The van der Waals surface area contributed by atoms with E-state index in [2.05, 4.69) is 10.3 Å². The zero-order valence-electron chi connectivity index (χ0n) is 11.7. The number of nitrogens with one attached hydrogen (secondary N) is 1. The Balaban J connectivity index is 2.53. The second-order valence-corrected chi connectivity index (χ2v) is 5.21. The van der Waals surface area contributed by atoms with Gasteiger partial charge in [0.15, 0.2) is 11.6 Å². The Morgan fingerprint density at radius 2 is 2.05 bits per heavy atom. The van der Waals surface area contributed by atoms with Crippen LogP contribution in [-0.4, -0.2) is 18.6 Å². The van der Waals surface area contributed by atoms with Crippen LogP contribution in [0.2, 0.25) is 10.0 Å². The van der Waals surface area contributed by atoms with Crippen LogP contribution in [0.5, 0.6) is 5.75 Å². The molecular weight excluding hydrogens is 314 g/mol. The molecule has 6 heteroatoms. The number of ether oxygens (including phenoxy) is 1. The van der Waals surface area contributed by atoms with Crippen LogP contribution in [0.25, 0.3) is 11.3 Å². The standard InChI is InChI=1S/C15H15Cl2FN2O/c1-3-7-19-15-11(17)8-10(16)14(20-15)9-5-4-6-12(21-2)13(9)18/h4-6,8H,3,7H2,1-2H3,(H,19,20). The summed E-state index contributed by atoms with van der Waals surface area (Å²) >= 11 is 12.3. The molecule has 2 aromatic rings. The fourth-order valence-corrected chi connectivity index (χ4v) is 2.40. The molecule has 0 aliphatic rings. The highest BCUT2D eigenvalue weighted by molar-refractivity contribution is 6.37. The molecule has 0 fully saturated rings. The smallest absolute Gasteiger partial charge is 0.174 e. The minimum atomic E-state index is -0.502. The van der Waals surface area contributed by atoms with Crippen molar-refractivity contribution in [1.29, 1.82) is 0 Å². The van der Waals surface area contributed by atoms with Crippen LogP contribution >= 0.6 is 23.2 Å². The van der Waals surface area contributed by atoms with Gasteiger partial charge in [0.25, 0.3) is 0 Å². The summed E-state index contributed by atoms with van der Waals surface area (Å²) in [4.78, 5) is 4.35. The van der Waals surface area contributed by atoms with E-state index >= 15 is 0 Å². The first-order valence-corrected chi connectivity index (χ1v) is 7.26. The molecule has 0 unspecified atom stereocenters. The predicted octanol–water partition coefficient (Wildman–Crippen LogP) is 5.03. The summed E-state index contributed by atoms with van der Waals surface area (Å²) in [6, 6.07) is 6.38. The summed E-state index contributed by atoms with van der Waals surface area (Å²) in [6.07, 6.45) is 0.920. The molecule has 21 heavy (non-hydrogen) atoms. The largest absolute Gasteiger partial charge is 0.494 e. The molecule has 112 valence electrons. The highest BCUT2D eigenvalue weighted by atomic mass is 35.5. The van der Waals surface area contributed by atoms with Gasteiger partial charge in [0, 0.05) is 12.1 Å². The summed E-state index contributed by atoms with van der Waals surface area (Å²) in [7, 11) is 1.41. The SMILES string of the molecule is CCCNc1nc(-c2cccc(OC)c2F)c(Cl)cc1Cl. The fraction of sp³-hybridized carbons (Fsp3) is 0.267. The summed E-state index contributed by atoms with van der Waals surface area (Å²) in [5.41, 5.74) is 0.603. The van der Waals surface area contributed by atoms with Crippen molar-refractivity contribution in [2.75, 3.05) is 19.0 Å². The van der Waals surface area contributed by atoms with Gasteiger partial charge in [0.2, 0.25) is 0 Å². The van der Waals surface area contributed by atoms with Gasteiger partial charge in [-0.1, -0.05) is 36.2 Å². The van der Waals surface area contributed by atoms with Crippen molar-refractivity contribution < 1.29 is 9.13 Å². The maximum atomic E-state index is 14.3. The lowest BCUT2D eigenvalue weighted by Crippen LogP contribution is -2.04. The lowest BCUT2D eigenvalue weighted by molar-refractivity contribution is 0.387. The third-order valence-corrected chi connectivity index (χ3v) is 3.49.